The van der Waals surface area contributed by atoms with Gasteiger partial charge in [0.1, 0.15) is 6.61 Å². The Labute approximate surface area is 206 Å². The zero-order chi connectivity index (χ0) is 24.8. The Morgan fingerprint density at radius 3 is 2.23 bits per heavy atom. The fraction of sp³-hybridized carbons (Fsp3) is 0.464. The summed E-state index contributed by atoms with van der Waals surface area (Å²) in [5, 5.41) is 14.6. The van der Waals surface area contributed by atoms with E-state index in [1.165, 1.54) is 11.1 Å². The lowest BCUT2D eigenvalue weighted by Crippen LogP contribution is -2.46. The summed E-state index contributed by atoms with van der Waals surface area (Å²) in [6.45, 7) is 2.58. The van der Waals surface area contributed by atoms with Gasteiger partial charge in [0.05, 0.1) is 0 Å². The van der Waals surface area contributed by atoms with Gasteiger partial charge in [-0.1, -0.05) is 61.9 Å². The summed E-state index contributed by atoms with van der Waals surface area (Å²) in [5.74, 6) is -0.632. The molecule has 2 unspecified atom stereocenters. The van der Waals surface area contributed by atoms with Crippen LogP contribution in [0.15, 0.2) is 48.5 Å². The molecule has 0 radical (unpaired) electrons. The minimum Gasteiger partial charge on any atom is -0.481 e. The summed E-state index contributed by atoms with van der Waals surface area (Å²) in [7, 11) is 0. The molecule has 2 aromatic carbocycles. The van der Waals surface area contributed by atoms with Crippen LogP contribution in [0.1, 0.15) is 62.5 Å². The molecule has 4 rings (SSSR count). The molecule has 0 spiro atoms. The van der Waals surface area contributed by atoms with Crippen molar-refractivity contribution in [1.82, 2.24) is 10.6 Å². The Morgan fingerprint density at radius 2 is 1.66 bits per heavy atom. The van der Waals surface area contributed by atoms with E-state index in [4.69, 9.17) is 9.84 Å². The number of fused-ring (bicyclic) bond motifs is 3. The first-order chi connectivity index (χ1) is 16.9. The molecule has 2 amide bonds. The summed E-state index contributed by atoms with van der Waals surface area (Å²) in [6, 6.07) is 16.1. The molecule has 186 valence electrons. The molecule has 0 aliphatic heterocycles. The highest BCUT2D eigenvalue weighted by Crippen LogP contribution is 2.44. The molecule has 7 heteroatoms. The summed E-state index contributed by atoms with van der Waals surface area (Å²) in [4.78, 5) is 36.0. The summed E-state index contributed by atoms with van der Waals surface area (Å²) >= 11 is 0. The van der Waals surface area contributed by atoms with Crippen molar-refractivity contribution in [1.29, 1.82) is 0 Å². The number of hydrogen-bond donors (Lipinski definition) is 3. The van der Waals surface area contributed by atoms with Gasteiger partial charge in [-0.25, -0.2) is 4.79 Å². The van der Waals surface area contributed by atoms with Gasteiger partial charge in [-0.2, -0.15) is 0 Å². The maximum Gasteiger partial charge on any atom is 0.407 e. The van der Waals surface area contributed by atoms with Crippen LogP contribution in [-0.2, 0) is 14.3 Å². The number of aliphatic carboxylic acids is 1. The molecular weight excluding hydrogens is 444 g/mol. The minimum absolute atomic E-state index is 0.00843. The molecule has 0 bridgehead atoms. The summed E-state index contributed by atoms with van der Waals surface area (Å²) < 4.78 is 5.69. The van der Waals surface area contributed by atoms with Crippen molar-refractivity contribution >= 4 is 18.0 Å². The Kier molecular flexibility index (Phi) is 8.06. The molecule has 2 aliphatic carbocycles. The first-order valence-corrected chi connectivity index (χ1v) is 12.5. The molecule has 2 aromatic rings. The van der Waals surface area contributed by atoms with E-state index in [9.17, 15) is 14.4 Å². The third-order valence-corrected chi connectivity index (χ3v) is 7.27. The van der Waals surface area contributed by atoms with Crippen LogP contribution >= 0.6 is 0 Å². The average molecular weight is 479 g/mol. The van der Waals surface area contributed by atoms with Gasteiger partial charge in [-0.05, 0) is 53.4 Å². The highest BCUT2D eigenvalue weighted by atomic mass is 16.5. The number of benzene rings is 2. The van der Waals surface area contributed by atoms with Crippen LogP contribution in [0.2, 0.25) is 0 Å². The first-order valence-electron chi connectivity index (χ1n) is 12.5. The topological polar surface area (TPSA) is 105 Å². The number of carbonyl (C=O) groups is 3. The van der Waals surface area contributed by atoms with Crippen molar-refractivity contribution in [2.45, 2.75) is 57.4 Å². The van der Waals surface area contributed by atoms with Crippen molar-refractivity contribution in [3.05, 3.63) is 59.7 Å². The average Bonchev–Trinajstić information content (AvgIpc) is 3.12. The number of carboxylic acid groups (broad SMARTS) is 1. The predicted octanol–water partition coefficient (Wildman–Crippen LogP) is 4.70. The highest BCUT2D eigenvalue weighted by Gasteiger charge is 2.32. The van der Waals surface area contributed by atoms with Crippen molar-refractivity contribution in [2.75, 3.05) is 13.2 Å². The monoisotopic (exact) mass is 478 g/mol. The number of hydrogen-bond acceptors (Lipinski definition) is 4. The zero-order valence-corrected chi connectivity index (χ0v) is 20.2. The van der Waals surface area contributed by atoms with Gasteiger partial charge in [0.25, 0.3) is 0 Å². The normalized spacial score (nSPS) is 16.4. The fourth-order valence-corrected chi connectivity index (χ4v) is 5.00. The third kappa shape index (κ3) is 6.21. The van der Waals surface area contributed by atoms with Crippen LogP contribution in [0, 0.1) is 11.8 Å². The van der Waals surface area contributed by atoms with Crippen molar-refractivity contribution in [2.24, 2.45) is 11.8 Å². The summed E-state index contributed by atoms with van der Waals surface area (Å²) in [6.07, 6.45) is 3.37. The van der Waals surface area contributed by atoms with Crippen LogP contribution in [0.5, 0.6) is 0 Å². The van der Waals surface area contributed by atoms with E-state index >= 15 is 0 Å². The standard InChI is InChI=1S/C28H34N2O5/c1-18(13-14-27(32)33)16-29-26(31)15-25(19-7-6-8-19)30-28(34)35-17-24-22-11-4-2-9-20(22)21-10-3-5-12-23(21)24/h2-5,9-12,18-19,24-25H,6-8,13-17H2,1H3,(H,29,31)(H,30,34)(H,32,33). The van der Waals surface area contributed by atoms with Crippen molar-refractivity contribution in [3.63, 3.8) is 0 Å². The summed E-state index contributed by atoms with van der Waals surface area (Å²) in [5.41, 5.74) is 4.68. The number of nitrogens with one attached hydrogen (secondary N) is 2. The molecule has 7 nitrogen and oxygen atoms in total. The zero-order valence-electron chi connectivity index (χ0n) is 20.2. The lowest BCUT2D eigenvalue weighted by Gasteiger charge is -2.33. The predicted molar refractivity (Wildman–Crippen MR) is 133 cm³/mol. The maximum atomic E-state index is 12.8. The number of rotatable bonds is 11. The molecular formula is C28H34N2O5. The Bertz CT molecular complexity index is 1020. The molecule has 0 heterocycles. The van der Waals surface area contributed by atoms with Gasteiger partial charge in [0, 0.05) is 31.3 Å². The first kappa shape index (κ1) is 24.8. The van der Waals surface area contributed by atoms with Crippen LogP contribution in [0.3, 0.4) is 0 Å². The smallest absolute Gasteiger partial charge is 0.407 e. The fourth-order valence-electron chi connectivity index (χ4n) is 5.00. The number of carboxylic acids is 1. The maximum absolute atomic E-state index is 12.8. The van der Waals surface area contributed by atoms with E-state index in [0.29, 0.717) is 13.0 Å². The van der Waals surface area contributed by atoms with E-state index in [1.807, 2.05) is 31.2 Å². The second-order valence-corrected chi connectivity index (χ2v) is 9.81. The molecule has 3 N–H and O–H groups in total. The van der Waals surface area contributed by atoms with E-state index in [2.05, 4.69) is 34.9 Å². The SMILES string of the molecule is CC(CCC(=O)O)CNC(=O)CC(NC(=O)OCC1c2ccccc2-c2ccccc21)C1CCC1. The van der Waals surface area contributed by atoms with E-state index in [-0.39, 0.29) is 49.2 Å². The van der Waals surface area contributed by atoms with Gasteiger partial charge in [-0.15, -0.1) is 0 Å². The molecule has 2 aliphatic rings. The second-order valence-electron chi connectivity index (χ2n) is 9.81. The van der Waals surface area contributed by atoms with Crippen LogP contribution < -0.4 is 10.6 Å². The molecule has 0 aromatic heterocycles. The third-order valence-electron chi connectivity index (χ3n) is 7.27. The largest absolute Gasteiger partial charge is 0.481 e. The van der Waals surface area contributed by atoms with E-state index in [1.54, 1.807) is 0 Å². The Balaban J connectivity index is 1.30. The quantitative estimate of drug-likeness (QED) is 0.434. The van der Waals surface area contributed by atoms with Crippen LogP contribution in [0.25, 0.3) is 11.1 Å². The lowest BCUT2D eigenvalue weighted by atomic mass is 9.78. The highest BCUT2D eigenvalue weighted by molar-refractivity contribution is 5.79. The molecule has 0 saturated heterocycles. The lowest BCUT2D eigenvalue weighted by molar-refractivity contribution is -0.137. The Hall–Kier alpha value is -3.35. The van der Waals surface area contributed by atoms with Gasteiger partial charge in [0.15, 0.2) is 0 Å². The number of carbonyl (C=O) groups excluding carboxylic acids is 2. The van der Waals surface area contributed by atoms with E-state index < -0.39 is 12.1 Å². The van der Waals surface area contributed by atoms with Crippen molar-refractivity contribution in [3.8, 4) is 11.1 Å². The van der Waals surface area contributed by atoms with Crippen LogP contribution in [0.4, 0.5) is 4.79 Å². The number of amides is 2. The number of alkyl carbamates (subject to hydrolysis) is 1. The van der Waals surface area contributed by atoms with E-state index in [0.717, 1.165) is 30.4 Å². The van der Waals surface area contributed by atoms with Gasteiger partial charge in [-0.3, -0.25) is 9.59 Å². The molecule has 2 atom stereocenters. The Morgan fingerprint density at radius 1 is 1.03 bits per heavy atom. The minimum atomic E-state index is -0.833. The molecule has 1 saturated carbocycles. The van der Waals surface area contributed by atoms with Gasteiger partial charge in [0.2, 0.25) is 5.91 Å². The second kappa shape index (κ2) is 11.4. The van der Waals surface area contributed by atoms with Gasteiger partial charge >= 0.3 is 12.1 Å². The molecule has 35 heavy (non-hydrogen) atoms. The van der Waals surface area contributed by atoms with Crippen LogP contribution in [-0.4, -0.2) is 42.3 Å². The number of ether oxygens (including phenoxy) is 1. The van der Waals surface area contributed by atoms with Gasteiger partial charge < -0.3 is 20.5 Å². The molecule has 1 fully saturated rings. The van der Waals surface area contributed by atoms with Crippen molar-refractivity contribution < 1.29 is 24.2 Å².